The summed E-state index contributed by atoms with van der Waals surface area (Å²) in [5.74, 6) is 7.94. The second-order valence-corrected chi connectivity index (χ2v) is 5.42. The molecule has 0 saturated carbocycles. The van der Waals surface area contributed by atoms with E-state index in [-0.39, 0.29) is 18.0 Å². The number of aliphatic imine (C=N–C) groups is 2. The van der Waals surface area contributed by atoms with Crippen LogP contribution in [0, 0.1) is 24.2 Å². The van der Waals surface area contributed by atoms with Gasteiger partial charge in [0.2, 0.25) is 5.84 Å². The number of carbonyl (C=O) groups is 2. The topological polar surface area (TPSA) is 65.3 Å². The van der Waals surface area contributed by atoms with E-state index >= 15 is 0 Å². The lowest BCUT2D eigenvalue weighted by Gasteiger charge is -2.41. The van der Waals surface area contributed by atoms with Crippen LogP contribution >= 0.6 is 0 Å². The number of amides is 3. The number of amidine groups is 1. The normalized spacial score (nSPS) is 22.2. The molecule has 1 saturated heterocycles. The van der Waals surface area contributed by atoms with Gasteiger partial charge < -0.3 is 0 Å². The van der Waals surface area contributed by atoms with Crippen molar-refractivity contribution >= 4 is 23.5 Å². The molecule has 6 nitrogen and oxygen atoms in total. The molecule has 1 aromatic carbocycles. The third-order valence-electron chi connectivity index (χ3n) is 3.96. The standard InChI is InChI=1S/C18H14N4O2/c1-4-12-18-15(16(23)21(2)17(24)22(18)3)19-14(20-18)11-10-13-8-6-5-7-9-13/h1,5-9H,12H2,2-3H3. The summed E-state index contributed by atoms with van der Waals surface area (Å²) in [6.45, 7) is 0. The fourth-order valence-electron chi connectivity index (χ4n) is 2.62. The summed E-state index contributed by atoms with van der Waals surface area (Å²) in [7, 11) is 2.95. The number of hydrogen-bond donors (Lipinski definition) is 0. The zero-order valence-electron chi connectivity index (χ0n) is 13.3. The van der Waals surface area contributed by atoms with Crippen LogP contribution in [0.4, 0.5) is 4.79 Å². The predicted molar refractivity (Wildman–Crippen MR) is 90.3 cm³/mol. The summed E-state index contributed by atoms with van der Waals surface area (Å²) in [5, 5.41) is 0. The smallest absolute Gasteiger partial charge is 0.296 e. The number of rotatable bonds is 1. The molecule has 0 N–H and O–H groups in total. The molecule has 6 heteroatoms. The van der Waals surface area contributed by atoms with Crippen molar-refractivity contribution < 1.29 is 9.59 Å². The van der Waals surface area contributed by atoms with Crippen LogP contribution in [0.3, 0.4) is 0 Å². The summed E-state index contributed by atoms with van der Waals surface area (Å²) in [4.78, 5) is 35.7. The zero-order chi connectivity index (χ0) is 17.3. The Hall–Kier alpha value is -3.38. The number of terminal acetylenes is 1. The predicted octanol–water partition coefficient (Wildman–Crippen LogP) is 1.13. The quantitative estimate of drug-likeness (QED) is 0.729. The van der Waals surface area contributed by atoms with E-state index in [2.05, 4.69) is 27.7 Å². The van der Waals surface area contributed by atoms with Crippen LogP contribution in [0.5, 0.6) is 0 Å². The first-order chi connectivity index (χ1) is 11.5. The third-order valence-corrected chi connectivity index (χ3v) is 3.96. The van der Waals surface area contributed by atoms with Gasteiger partial charge in [-0.15, -0.1) is 12.3 Å². The van der Waals surface area contributed by atoms with Crippen molar-refractivity contribution in [3.63, 3.8) is 0 Å². The molecule has 0 spiro atoms. The molecule has 0 aromatic heterocycles. The second-order valence-electron chi connectivity index (χ2n) is 5.42. The van der Waals surface area contributed by atoms with Gasteiger partial charge in [-0.3, -0.25) is 14.6 Å². The maximum Gasteiger partial charge on any atom is 0.328 e. The van der Waals surface area contributed by atoms with E-state index in [1.54, 1.807) is 7.05 Å². The van der Waals surface area contributed by atoms with Crippen molar-refractivity contribution in [3.8, 4) is 24.2 Å². The average Bonchev–Trinajstić information content (AvgIpc) is 2.97. The van der Waals surface area contributed by atoms with E-state index < -0.39 is 17.6 Å². The van der Waals surface area contributed by atoms with Gasteiger partial charge in [0.15, 0.2) is 11.4 Å². The van der Waals surface area contributed by atoms with Crippen molar-refractivity contribution in [1.29, 1.82) is 0 Å². The van der Waals surface area contributed by atoms with Crippen LogP contribution in [0.2, 0.25) is 0 Å². The van der Waals surface area contributed by atoms with Crippen LogP contribution in [-0.4, -0.2) is 53.0 Å². The van der Waals surface area contributed by atoms with Crippen molar-refractivity contribution in [2.45, 2.75) is 12.1 Å². The molecule has 0 radical (unpaired) electrons. The van der Waals surface area contributed by atoms with E-state index in [0.717, 1.165) is 10.5 Å². The van der Waals surface area contributed by atoms with Crippen LogP contribution < -0.4 is 0 Å². The zero-order valence-corrected chi connectivity index (χ0v) is 13.3. The van der Waals surface area contributed by atoms with Crippen LogP contribution in [0.15, 0.2) is 40.3 Å². The van der Waals surface area contributed by atoms with Gasteiger partial charge in [-0.1, -0.05) is 24.1 Å². The van der Waals surface area contributed by atoms with E-state index in [0.29, 0.717) is 0 Å². The maximum absolute atomic E-state index is 12.4. The number of imide groups is 1. The minimum Gasteiger partial charge on any atom is -0.296 e. The monoisotopic (exact) mass is 318 g/mol. The Bertz CT molecular complexity index is 883. The van der Waals surface area contributed by atoms with E-state index in [1.165, 1.54) is 11.9 Å². The average molecular weight is 318 g/mol. The largest absolute Gasteiger partial charge is 0.328 e. The summed E-state index contributed by atoms with van der Waals surface area (Å²) < 4.78 is 0. The molecule has 1 aromatic rings. The summed E-state index contributed by atoms with van der Waals surface area (Å²) in [6, 6.07) is 8.87. The molecular formula is C18H14N4O2. The molecule has 0 aliphatic carbocycles. The van der Waals surface area contributed by atoms with Gasteiger partial charge in [-0.2, -0.15) is 0 Å². The first kappa shape index (κ1) is 15.5. The first-order valence-electron chi connectivity index (χ1n) is 7.25. The summed E-state index contributed by atoms with van der Waals surface area (Å²) in [5.41, 5.74) is -0.340. The van der Waals surface area contributed by atoms with E-state index in [1.807, 2.05) is 30.3 Å². The van der Waals surface area contributed by atoms with Gasteiger partial charge in [0.25, 0.3) is 5.91 Å². The highest BCUT2D eigenvalue weighted by Gasteiger charge is 2.54. The lowest BCUT2D eigenvalue weighted by atomic mass is 9.96. The van der Waals surface area contributed by atoms with Gasteiger partial charge in [0, 0.05) is 19.7 Å². The maximum atomic E-state index is 12.4. The molecule has 2 heterocycles. The first-order valence-corrected chi connectivity index (χ1v) is 7.25. The molecule has 118 valence electrons. The van der Waals surface area contributed by atoms with E-state index in [9.17, 15) is 9.59 Å². The number of hydrogen-bond acceptors (Lipinski definition) is 4. The van der Waals surface area contributed by atoms with E-state index in [4.69, 9.17) is 6.42 Å². The lowest BCUT2D eigenvalue weighted by molar-refractivity contribution is -0.122. The van der Waals surface area contributed by atoms with Crippen LogP contribution in [-0.2, 0) is 4.79 Å². The molecule has 2 aliphatic heterocycles. The van der Waals surface area contributed by atoms with Gasteiger partial charge in [-0.05, 0) is 18.1 Å². The van der Waals surface area contributed by atoms with Crippen molar-refractivity contribution in [1.82, 2.24) is 9.80 Å². The highest BCUT2D eigenvalue weighted by atomic mass is 16.2. The number of fused-ring (bicyclic) bond motifs is 1. The van der Waals surface area contributed by atoms with Gasteiger partial charge in [-0.25, -0.2) is 14.8 Å². The molecule has 3 amide bonds. The van der Waals surface area contributed by atoms with Gasteiger partial charge >= 0.3 is 6.03 Å². The van der Waals surface area contributed by atoms with Gasteiger partial charge in [0.05, 0.1) is 6.42 Å². The summed E-state index contributed by atoms with van der Waals surface area (Å²) in [6.07, 6.45) is 5.49. The minimum atomic E-state index is -1.27. The lowest BCUT2D eigenvalue weighted by Crippen LogP contribution is -2.65. The summed E-state index contributed by atoms with van der Waals surface area (Å²) >= 11 is 0. The SMILES string of the molecule is C#CCC12N=C(C#Cc3ccccc3)N=C1C(=O)N(C)C(=O)N2C. The molecular weight excluding hydrogens is 304 g/mol. The number of urea groups is 1. The van der Waals surface area contributed by atoms with Crippen molar-refractivity contribution in [2.24, 2.45) is 9.98 Å². The minimum absolute atomic E-state index is 0.0597. The molecule has 1 atom stereocenters. The van der Waals surface area contributed by atoms with Crippen LogP contribution in [0.1, 0.15) is 12.0 Å². The van der Waals surface area contributed by atoms with Crippen molar-refractivity contribution in [3.05, 3.63) is 35.9 Å². The second kappa shape index (κ2) is 5.68. The Morgan fingerprint density at radius 1 is 1.17 bits per heavy atom. The van der Waals surface area contributed by atoms with Crippen LogP contribution in [0.25, 0.3) is 0 Å². The Balaban J connectivity index is 2.06. The molecule has 3 rings (SSSR count). The molecule has 0 bridgehead atoms. The fraction of sp³-hybridized carbons (Fsp3) is 0.222. The number of carbonyl (C=O) groups excluding carboxylic acids is 2. The Kier molecular flexibility index (Phi) is 3.67. The van der Waals surface area contributed by atoms with Crippen molar-refractivity contribution in [2.75, 3.05) is 14.1 Å². The molecule has 24 heavy (non-hydrogen) atoms. The molecule has 1 fully saturated rings. The fourth-order valence-corrected chi connectivity index (χ4v) is 2.62. The Labute approximate surface area is 139 Å². The van der Waals surface area contributed by atoms with Gasteiger partial charge in [0.1, 0.15) is 0 Å². The Morgan fingerprint density at radius 2 is 1.88 bits per heavy atom. The number of benzene rings is 1. The number of nitrogens with zero attached hydrogens (tertiary/aromatic N) is 4. The molecule has 2 aliphatic rings. The Morgan fingerprint density at radius 3 is 2.54 bits per heavy atom. The molecule has 1 unspecified atom stereocenters. The third kappa shape index (κ3) is 2.26. The highest BCUT2D eigenvalue weighted by molar-refractivity contribution is 6.49. The highest BCUT2D eigenvalue weighted by Crippen LogP contribution is 2.32.